The summed E-state index contributed by atoms with van der Waals surface area (Å²) in [7, 11) is 0. The van der Waals surface area contributed by atoms with E-state index in [0.29, 0.717) is 6.54 Å². The first kappa shape index (κ1) is 11.1. The van der Waals surface area contributed by atoms with Gasteiger partial charge in [0.25, 0.3) is 0 Å². The summed E-state index contributed by atoms with van der Waals surface area (Å²) in [6, 6.07) is 9.29. The van der Waals surface area contributed by atoms with Gasteiger partial charge in [-0.15, -0.1) is 0 Å². The number of halogens is 1. The molecule has 1 fully saturated rings. The largest absolute Gasteiger partial charge is 0.351 e. The van der Waals surface area contributed by atoms with Gasteiger partial charge in [0.05, 0.1) is 6.04 Å². The van der Waals surface area contributed by atoms with Gasteiger partial charge < -0.3 is 10.6 Å². The average Bonchev–Trinajstić information content (AvgIpc) is 2.74. The molecule has 1 aliphatic rings. The van der Waals surface area contributed by atoms with Crippen molar-refractivity contribution in [1.29, 1.82) is 0 Å². The van der Waals surface area contributed by atoms with Crippen molar-refractivity contribution in [2.24, 2.45) is 0 Å². The van der Waals surface area contributed by atoms with Gasteiger partial charge in [0, 0.05) is 19.5 Å². The first-order valence-corrected chi connectivity index (χ1v) is 5.45. The molecule has 2 N–H and O–H groups in total. The van der Waals surface area contributed by atoms with Crippen LogP contribution < -0.4 is 10.6 Å². The molecule has 1 aromatic carbocycles. The minimum atomic E-state index is -0.896. The van der Waals surface area contributed by atoms with E-state index < -0.39 is 6.17 Å². The molecule has 0 radical (unpaired) electrons. The van der Waals surface area contributed by atoms with Gasteiger partial charge >= 0.3 is 0 Å². The Morgan fingerprint density at radius 3 is 2.81 bits per heavy atom. The van der Waals surface area contributed by atoms with E-state index in [9.17, 15) is 9.18 Å². The predicted molar refractivity (Wildman–Crippen MR) is 59.6 cm³/mol. The van der Waals surface area contributed by atoms with Crippen molar-refractivity contribution in [3.63, 3.8) is 0 Å². The molecular weight excluding hydrogens is 207 g/mol. The van der Waals surface area contributed by atoms with Gasteiger partial charge in [-0.1, -0.05) is 30.3 Å². The van der Waals surface area contributed by atoms with Crippen LogP contribution in [0.5, 0.6) is 0 Å². The molecule has 1 saturated heterocycles. The molecular formula is C12H15FN2O. The number of carbonyl (C=O) groups is 1. The molecule has 4 heteroatoms. The third-order valence-electron chi connectivity index (χ3n) is 2.70. The first-order chi connectivity index (χ1) is 7.75. The molecule has 1 aromatic rings. The Kier molecular flexibility index (Phi) is 3.51. The summed E-state index contributed by atoms with van der Waals surface area (Å²) in [5, 5.41) is 5.65. The molecule has 0 spiro atoms. The van der Waals surface area contributed by atoms with Gasteiger partial charge in [0.15, 0.2) is 0 Å². The van der Waals surface area contributed by atoms with Crippen LogP contribution in [0.1, 0.15) is 12.0 Å². The zero-order valence-corrected chi connectivity index (χ0v) is 8.95. The summed E-state index contributed by atoms with van der Waals surface area (Å²) < 4.78 is 12.9. The highest BCUT2D eigenvalue weighted by Crippen LogP contribution is 2.10. The Bertz CT molecular complexity index is 355. The molecule has 1 amide bonds. The quantitative estimate of drug-likeness (QED) is 0.801. The minimum Gasteiger partial charge on any atom is -0.351 e. The Balaban J connectivity index is 1.80. The average molecular weight is 222 g/mol. The Morgan fingerprint density at radius 1 is 1.44 bits per heavy atom. The van der Waals surface area contributed by atoms with Crippen LogP contribution >= 0.6 is 0 Å². The van der Waals surface area contributed by atoms with Crippen molar-refractivity contribution in [2.75, 3.05) is 6.54 Å². The number of nitrogens with one attached hydrogen (secondary N) is 2. The second-order valence-corrected chi connectivity index (χ2v) is 4.00. The lowest BCUT2D eigenvalue weighted by Crippen LogP contribution is -2.39. The fourth-order valence-corrected chi connectivity index (χ4v) is 1.80. The zero-order valence-electron chi connectivity index (χ0n) is 8.95. The first-order valence-electron chi connectivity index (χ1n) is 5.45. The highest BCUT2D eigenvalue weighted by Gasteiger charge is 2.28. The molecule has 86 valence electrons. The molecule has 2 atom stereocenters. The fraction of sp³-hybridized carbons (Fsp3) is 0.417. The third-order valence-corrected chi connectivity index (χ3v) is 2.70. The highest BCUT2D eigenvalue weighted by atomic mass is 19.1. The van der Waals surface area contributed by atoms with Gasteiger partial charge in [-0.3, -0.25) is 4.79 Å². The van der Waals surface area contributed by atoms with E-state index in [2.05, 4.69) is 10.6 Å². The van der Waals surface area contributed by atoms with Crippen molar-refractivity contribution in [1.82, 2.24) is 10.6 Å². The van der Waals surface area contributed by atoms with E-state index in [4.69, 9.17) is 0 Å². The third kappa shape index (κ3) is 2.79. The summed E-state index contributed by atoms with van der Waals surface area (Å²) in [5.41, 5.74) is 1.05. The second-order valence-electron chi connectivity index (χ2n) is 4.00. The lowest BCUT2D eigenvalue weighted by atomic mass is 10.2. The van der Waals surface area contributed by atoms with Crippen LogP contribution in [-0.2, 0) is 11.3 Å². The van der Waals surface area contributed by atoms with Crippen LogP contribution in [0.3, 0.4) is 0 Å². The van der Waals surface area contributed by atoms with Crippen molar-refractivity contribution >= 4 is 5.91 Å². The van der Waals surface area contributed by atoms with Crippen LogP contribution in [-0.4, -0.2) is 24.7 Å². The van der Waals surface area contributed by atoms with Gasteiger partial charge in [0.2, 0.25) is 5.91 Å². The maximum atomic E-state index is 12.9. The number of amides is 1. The van der Waals surface area contributed by atoms with Crippen molar-refractivity contribution < 1.29 is 9.18 Å². The van der Waals surface area contributed by atoms with Gasteiger partial charge in [0.1, 0.15) is 6.17 Å². The molecule has 0 aromatic heterocycles. The molecule has 0 saturated carbocycles. The molecule has 2 rings (SSSR count). The number of alkyl halides is 1. The number of hydrogen-bond donors (Lipinski definition) is 2. The van der Waals surface area contributed by atoms with Crippen molar-refractivity contribution in [2.45, 2.75) is 25.2 Å². The van der Waals surface area contributed by atoms with E-state index in [1.807, 2.05) is 30.3 Å². The maximum Gasteiger partial charge on any atom is 0.237 e. The van der Waals surface area contributed by atoms with Gasteiger partial charge in [-0.2, -0.15) is 0 Å². The molecule has 1 unspecified atom stereocenters. The van der Waals surface area contributed by atoms with Crippen molar-refractivity contribution in [3.05, 3.63) is 35.9 Å². The van der Waals surface area contributed by atoms with E-state index in [1.165, 1.54) is 0 Å². The van der Waals surface area contributed by atoms with E-state index in [1.54, 1.807) is 0 Å². The summed E-state index contributed by atoms with van der Waals surface area (Å²) in [4.78, 5) is 11.6. The minimum absolute atomic E-state index is 0.121. The Labute approximate surface area is 94.0 Å². The molecule has 0 bridgehead atoms. The van der Waals surface area contributed by atoms with Crippen LogP contribution in [0.4, 0.5) is 4.39 Å². The zero-order chi connectivity index (χ0) is 11.4. The Hall–Kier alpha value is -1.42. The van der Waals surface area contributed by atoms with E-state index in [0.717, 1.165) is 5.56 Å². The predicted octanol–water partition coefficient (Wildman–Crippen LogP) is 1.00. The number of rotatable bonds is 3. The standard InChI is InChI=1S/C12H15FN2O/c13-10-6-11(14-8-10)12(16)15-7-9-4-2-1-3-5-9/h1-5,10-11,14H,6-8H2,(H,15,16)/t10?,11-/m0/s1. The van der Waals surface area contributed by atoms with Gasteiger partial charge in [-0.05, 0) is 5.56 Å². The molecule has 1 heterocycles. The van der Waals surface area contributed by atoms with Crippen LogP contribution in [0.25, 0.3) is 0 Å². The number of carbonyl (C=O) groups excluding carboxylic acids is 1. The fourth-order valence-electron chi connectivity index (χ4n) is 1.80. The highest BCUT2D eigenvalue weighted by molar-refractivity contribution is 5.82. The normalized spacial score (nSPS) is 24.3. The summed E-state index contributed by atoms with van der Waals surface area (Å²) in [6.07, 6.45) is -0.617. The summed E-state index contributed by atoms with van der Waals surface area (Å²) in [5.74, 6) is -0.121. The molecule has 16 heavy (non-hydrogen) atoms. The van der Waals surface area contributed by atoms with Crippen LogP contribution in [0.2, 0.25) is 0 Å². The molecule has 1 aliphatic heterocycles. The van der Waals surface area contributed by atoms with Gasteiger partial charge in [-0.25, -0.2) is 4.39 Å². The number of hydrogen-bond acceptors (Lipinski definition) is 2. The lowest BCUT2D eigenvalue weighted by Gasteiger charge is -2.10. The second kappa shape index (κ2) is 5.07. The van der Waals surface area contributed by atoms with Crippen molar-refractivity contribution in [3.8, 4) is 0 Å². The topological polar surface area (TPSA) is 41.1 Å². The summed E-state index contributed by atoms with van der Waals surface area (Å²) >= 11 is 0. The lowest BCUT2D eigenvalue weighted by molar-refractivity contribution is -0.123. The van der Waals surface area contributed by atoms with E-state index in [-0.39, 0.29) is 24.9 Å². The molecule has 0 aliphatic carbocycles. The monoisotopic (exact) mass is 222 g/mol. The number of benzene rings is 1. The van der Waals surface area contributed by atoms with E-state index >= 15 is 0 Å². The summed E-state index contributed by atoms with van der Waals surface area (Å²) in [6.45, 7) is 0.776. The van der Waals surface area contributed by atoms with Crippen LogP contribution in [0.15, 0.2) is 30.3 Å². The Morgan fingerprint density at radius 2 is 2.19 bits per heavy atom. The SMILES string of the molecule is O=C(NCc1ccccc1)[C@@H]1CC(F)CN1. The maximum absolute atomic E-state index is 12.9. The van der Waals surface area contributed by atoms with Crippen LogP contribution in [0, 0.1) is 0 Å². The molecule has 3 nitrogen and oxygen atoms in total. The smallest absolute Gasteiger partial charge is 0.237 e.